The van der Waals surface area contributed by atoms with E-state index in [1.165, 1.54) is 19.3 Å². The number of carbonyl (C=O) groups excluding carboxylic acids is 1. The lowest BCUT2D eigenvalue weighted by molar-refractivity contribution is 0.100. The van der Waals surface area contributed by atoms with Crippen molar-refractivity contribution < 1.29 is 9.53 Å². The molecule has 1 saturated carbocycles. The summed E-state index contributed by atoms with van der Waals surface area (Å²) in [6, 6.07) is 15.8. The molecule has 2 aromatic carbocycles. The summed E-state index contributed by atoms with van der Waals surface area (Å²) in [5, 5.41) is 13.5. The Morgan fingerprint density at radius 3 is 2.66 bits per heavy atom. The molecule has 0 bridgehead atoms. The molecule has 32 heavy (non-hydrogen) atoms. The van der Waals surface area contributed by atoms with Crippen LogP contribution in [0.3, 0.4) is 0 Å². The number of anilines is 1. The molecule has 0 atom stereocenters. The van der Waals surface area contributed by atoms with Crippen molar-refractivity contribution in [2.75, 3.05) is 12.4 Å². The van der Waals surface area contributed by atoms with E-state index in [-0.39, 0.29) is 0 Å². The topological polar surface area (TPSA) is 95.1 Å². The number of primary amides is 1. The lowest BCUT2D eigenvalue weighted by Crippen LogP contribution is -2.18. The molecule has 1 heterocycles. The van der Waals surface area contributed by atoms with Crippen LogP contribution >= 0.6 is 11.8 Å². The Morgan fingerprint density at radius 2 is 1.94 bits per heavy atom. The van der Waals surface area contributed by atoms with Gasteiger partial charge in [0, 0.05) is 29.1 Å². The number of aromatic nitrogens is 3. The fourth-order valence-electron chi connectivity index (χ4n) is 4.06. The third-order valence-corrected chi connectivity index (χ3v) is 6.82. The first-order valence-electron chi connectivity index (χ1n) is 11.0. The number of nitrogens with two attached hydrogens (primary N) is 1. The predicted octanol–water partition coefficient (Wildman–Crippen LogP) is 4.80. The second kappa shape index (κ2) is 10.5. The molecule has 1 aliphatic carbocycles. The molecule has 7 nitrogen and oxygen atoms in total. The molecule has 1 amide bonds. The third-order valence-electron chi connectivity index (χ3n) is 5.80. The van der Waals surface area contributed by atoms with E-state index in [0.29, 0.717) is 18.2 Å². The normalized spacial score (nSPS) is 14.3. The maximum atomic E-state index is 11.3. The van der Waals surface area contributed by atoms with Crippen molar-refractivity contribution in [2.24, 2.45) is 5.73 Å². The quantitative estimate of drug-likeness (QED) is 0.454. The lowest BCUT2D eigenvalue weighted by atomic mass is 9.95. The second-order valence-corrected chi connectivity index (χ2v) is 8.94. The Hall–Kier alpha value is -3.00. The first-order chi connectivity index (χ1) is 15.6. The highest BCUT2D eigenvalue weighted by molar-refractivity contribution is 7.98. The van der Waals surface area contributed by atoms with Gasteiger partial charge in [-0.2, -0.15) is 0 Å². The molecule has 0 spiro atoms. The van der Waals surface area contributed by atoms with Gasteiger partial charge in [-0.15, -0.1) is 10.2 Å². The first kappa shape index (κ1) is 22.2. The summed E-state index contributed by atoms with van der Waals surface area (Å²) in [5.41, 5.74) is 7.98. The molecule has 1 aliphatic rings. The molecule has 4 rings (SSSR count). The number of hydrogen-bond donors (Lipinski definition) is 2. The zero-order chi connectivity index (χ0) is 22.3. The molecule has 1 aromatic heterocycles. The molecule has 3 aromatic rings. The van der Waals surface area contributed by atoms with E-state index in [1.54, 1.807) is 31.0 Å². The number of methoxy groups -OCH3 is 1. The molecule has 1 fully saturated rings. The number of carbonyl (C=O) groups is 1. The van der Waals surface area contributed by atoms with Crippen molar-refractivity contribution in [3.05, 3.63) is 65.5 Å². The van der Waals surface area contributed by atoms with E-state index in [4.69, 9.17) is 10.5 Å². The first-order valence-corrected chi connectivity index (χ1v) is 12.0. The van der Waals surface area contributed by atoms with Gasteiger partial charge in [-0.25, -0.2) is 0 Å². The summed E-state index contributed by atoms with van der Waals surface area (Å²) in [5.74, 6) is 2.12. The Labute approximate surface area is 192 Å². The second-order valence-electron chi connectivity index (χ2n) is 8.00. The van der Waals surface area contributed by atoms with Gasteiger partial charge in [0.2, 0.25) is 5.91 Å². The van der Waals surface area contributed by atoms with Crippen LogP contribution in [0.5, 0.6) is 5.75 Å². The number of hydrogen-bond acceptors (Lipinski definition) is 6. The van der Waals surface area contributed by atoms with Crippen LogP contribution in [0.2, 0.25) is 0 Å². The summed E-state index contributed by atoms with van der Waals surface area (Å²) in [7, 11) is 1.67. The van der Waals surface area contributed by atoms with Gasteiger partial charge < -0.3 is 20.4 Å². The van der Waals surface area contributed by atoms with Crippen LogP contribution < -0.4 is 15.8 Å². The van der Waals surface area contributed by atoms with Gasteiger partial charge in [-0.1, -0.05) is 49.2 Å². The highest BCUT2D eigenvalue weighted by atomic mass is 32.2. The monoisotopic (exact) mass is 451 g/mol. The van der Waals surface area contributed by atoms with Gasteiger partial charge in [0.1, 0.15) is 5.75 Å². The van der Waals surface area contributed by atoms with Crippen molar-refractivity contribution in [1.29, 1.82) is 0 Å². The fourth-order valence-corrected chi connectivity index (χ4v) is 5.04. The van der Waals surface area contributed by atoms with Crippen molar-refractivity contribution in [2.45, 2.75) is 55.6 Å². The number of thioether (sulfide) groups is 1. The average Bonchev–Trinajstić information content (AvgIpc) is 3.25. The fraction of sp³-hybridized carbons (Fsp3) is 0.375. The zero-order valence-electron chi connectivity index (χ0n) is 18.3. The molecule has 3 N–H and O–H groups in total. The van der Waals surface area contributed by atoms with Crippen LogP contribution in [0.15, 0.2) is 53.7 Å². The standard InChI is InChI=1S/C24H29N5O2S/c1-31-21-9-5-6-19(14-21)26-15-22-27-28-24(29(22)20-7-3-2-4-8-20)32-16-17-10-12-18(13-11-17)23(25)30/h5-6,9-14,20,26H,2-4,7-8,15-16H2,1H3,(H2,25,30). The minimum Gasteiger partial charge on any atom is -0.497 e. The van der Waals surface area contributed by atoms with Crippen molar-refractivity contribution in [1.82, 2.24) is 14.8 Å². The van der Waals surface area contributed by atoms with Crippen molar-refractivity contribution in [3.8, 4) is 5.75 Å². The van der Waals surface area contributed by atoms with Crippen LogP contribution in [0.4, 0.5) is 5.69 Å². The Balaban J connectivity index is 1.49. The molecule has 0 radical (unpaired) electrons. The number of ether oxygens (including phenoxy) is 1. The van der Waals surface area contributed by atoms with Crippen LogP contribution in [0.25, 0.3) is 0 Å². The van der Waals surface area contributed by atoms with E-state index in [2.05, 4.69) is 20.1 Å². The summed E-state index contributed by atoms with van der Waals surface area (Å²) in [4.78, 5) is 11.3. The third kappa shape index (κ3) is 5.43. The van der Waals surface area contributed by atoms with Crippen molar-refractivity contribution >= 4 is 23.4 Å². The van der Waals surface area contributed by atoms with Crippen LogP contribution in [0.1, 0.15) is 59.9 Å². The molecule has 0 unspecified atom stereocenters. The van der Waals surface area contributed by atoms with Gasteiger partial charge in [0.15, 0.2) is 11.0 Å². The summed E-state index contributed by atoms with van der Waals surface area (Å²) in [6.45, 7) is 0.602. The minimum atomic E-state index is -0.408. The van der Waals surface area contributed by atoms with Gasteiger partial charge in [-0.3, -0.25) is 4.79 Å². The van der Waals surface area contributed by atoms with E-state index in [1.807, 2.05) is 36.4 Å². The van der Waals surface area contributed by atoms with E-state index < -0.39 is 5.91 Å². The average molecular weight is 452 g/mol. The number of nitrogens with zero attached hydrogens (tertiary/aromatic N) is 3. The maximum absolute atomic E-state index is 11.3. The van der Waals surface area contributed by atoms with Crippen molar-refractivity contribution in [3.63, 3.8) is 0 Å². The molecular weight excluding hydrogens is 422 g/mol. The molecule has 0 saturated heterocycles. The van der Waals surface area contributed by atoms with Crippen LogP contribution in [-0.2, 0) is 12.3 Å². The summed E-state index contributed by atoms with van der Waals surface area (Å²) < 4.78 is 7.65. The molecule has 0 aliphatic heterocycles. The van der Waals surface area contributed by atoms with E-state index in [0.717, 1.165) is 46.6 Å². The Morgan fingerprint density at radius 1 is 1.16 bits per heavy atom. The molecular formula is C24H29N5O2S. The Bertz CT molecular complexity index is 1040. The maximum Gasteiger partial charge on any atom is 0.248 e. The van der Waals surface area contributed by atoms with Crippen LogP contribution in [0, 0.1) is 0 Å². The van der Waals surface area contributed by atoms with Gasteiger partial charge in [-0.05, 0) is 42.7 Å². The highest BCUT2D eigenvalue weighted by Gasteiger charge is 2.23. The van der Waals surface area contributed by atoms with Gasteiger partial charge in [0.25, 0.3) is 0 Å². The number of benzene rings is 2. The highest BCUT2D eigenvalue weighted by Crippen LogP contribution is 2.34. The lowest BCUT2D eigenvalue weighted by Gasteiger charge is -2.25. The minimum absolute atomic E-state index is 0.408. The van der Waals surface area contributed by atoms with E-state index in [9.17, 15) is 4.79 Å². The van der Waals surface area contributed by atoms with E-state index >= 15 is 0 Å². The molecule has 8 heteroatoms. The summed E-state index contributed by atoms with van der Waals surface area (Å²) >= 11 is 1.68. The summed E-state index contributed by atoms with van der Waals surface area (Å²) in [6.07, 6.45) is 6.09. The number of nitrogens with one attached hydrogen (secondary N) is 1. The SMILES string of the molecule is COc1cccc(NCc2nnc(SCc3ccc(C(N)=O)cc3)n2C2CCCCC2)c1. The predicted molar refractivity (Wildman–Crippen MR) is 127 cm³/mol. The van der Waals surface area contributed by atoms with Gasteiger partial charge in [0.05, 0.1) is 13.7 Å². The zero-order valence-corrected chi connectivity index (χ0v) is 19.1. The Kier molecular flexibility index (Phi) is 7.32. The van der Waals surface area contributed by atoms with Gasteiger partial charge >= 0.3 is 0 Å². The number of rotatable bonds is 9. The number of amides is 1. The van der Waals surface area contributed by atoms with Crippen LogP contribution in [-0.4, -0.2) is 27.8 Å². The molecule has 168 valence electrons. The largest absolute Gasteiger partial charge is 0.497 e. The smallest absolute Gasteiger partial charge is 0.248 e.